The fourth-order valence-electron chi connectivity index (χ4n) is 0.141. The molecule has 0 saturated heterocycles. The van der Waals surface area contributed by atoms with Crippen molar-refractivity contribution < 1.29 is 10.4 Å². The van der Waals surface area contributed by atoms with Gasteiger partial charge in [0.2, 0.25) is 0 Å². The van der Waals surface area contributed by atoms with Crippen LogP contribution in [-0.2, 0) is 0 Å². The van der Waals surface area contributed by atoms with Crippen LogP contribution in [-0.4, -0.2) is 22.8 Å². The summed E-state index contributed by atoms with van der Waals surface area (Å²) in [7, 11) is 0. The van der Waals surface area contributed by atoms with E-state index in [9.17, 15) is 0 Å². The van der Waals surface area contributed by atoms with E-state index in [4.69, 9.17) is 10.4 Å². The summed E-state index contributed by atoms with van der Waals surface area (Å²) in [6.07, 6.45) is 2.77. The zero-order valence-corrected chi connectivity index (χ0v) is 3.65. The average Bonchev–Trinajstić information content (AvgIpc) is 1.69. The largest absolute Gasteiger partial charge is 0.411 e. The first-order valence-electron chi connectivity index (χ1n) is 1.73. The maximum atomic E-state index is 7.72. The third kappa shape index (κ3) is 4.94. The fourth-order valence-corrected chi connectivity index (χ4v) is 0.141. The predicted octanol–water partition coefficient (Wildman–Crippen LogP) is 0.296. The van der Waals surface area contributed by atoms with E-state index < -0.39 is 0 Å². The lowest BCUT2D eigenvalue weighted by molar-refractivity contribution is 0.318. The van der Waals surface area contributed by atoms with Gasteiger partial charge in [0.15, 0.2) is 0 Å². The highest BCUT2D eigenvalue weighted by Crippen LogP contribution is 1.63. The lowest BCUT2D eigenvalue weighted by Gasteiger charge is -1.71. The van der Waals surface area contributed by atoms with Gasteiger partial charge in [0.1, 0.15) is 0 Å². The molecule has 0 radical (unpaired) electrons. The molecule has 0 atom stereocenters. The Kier molecular flexibility index (Phi) is 4.19. The molecule has 40 valence electrons. The average molecular weight is 102 g/mol. The summed E-state index contributed by atoms with van der Waals surface area (Å²) in [6.45, 7) is 0. The van der Waals surface area contributed by atoms with E-state index in [1.807, 2.05) is 0 Å². The Labute approximate surface area is 40.8 Å². The lowest BCUT2D eigenvalue weighted by Crippen LogP contribution is -1.74. The normalized spacial score (nSPS) is 11.4. The van der Waals surface area contributed by atoms with E-state index in [1.165, 1.54) is 12.4 Å². The highest BCUT2D eigenvalue weighted by atomic mass is 16.4. The second-order valence-electron chi connectivity index (χ2n) is 0.832. The molecule has 0 saturated carbocycles. The molecule has 0 aliphatic heterocycles. The second kappa shape index (κ2) is 4.94. The Morgan fingerprint density at radius 2 is 1.57 bits per heavy atom. The van der Waals surface area contributed by atoms with E-state index in [0.29, 0.717) is 6.42 Å². The summed E-state index contributed by atoms with van der Waals surface area (Å²) >= 11 is 0. The molecule has 0 aromatic carbocycles. The van der Waals surface area contributed by atoms with Crippen LogP contribution in [0, 0.1) is 0 Å². The highest BCUT2D eigenvalue weighted by molar-refractivity contribution is 5.78. The standard InChI is InChI=1S/C3H6N2O2/c6-4-2-1-3-5-7/h2-3,6-7H,1H2/b4-2+,5-3+. The molecule has 2 N–H and O–H groups in total. The summed E-state index contributed by atoms with van der Waals surface area (Å²) in [5.74, 6) is 0. The molecule has 4 nitrogen and oxygen atoms in total. The zero-order chi connectivity index (χ0) is 5.54. The molecule has 0 aliphatic carbocycles. The van der Waals surface area contributed by atoms with Gasteiger partial charge in [0, 0.05) is 18.9 Å². The first-order chi connectivity index (χ1) is 3.41. The van der Waals surface area contributed by atoms with E-state index in [0.717, 1.165) is 0 Å². The van der Waals surface area contributed by atoms with Gasteiger partial charge in [-0.1, -0.05) is 0 Å². The SMILES string of the molecule is O/N=C/C/C=N/O. The van der Waals surface area contributed by atoms with Crippen LogP contribution in [0.1, 0.15) is 6.42 Å². The Morgan fingerprint density at radius 3 is 1.86 bits per heavy atom. The Morgan fingerprint density at radius 1 is 1.14 bits per heavy atom. The van der Waals surface area contributed by atoms with Crippen molar-refractivity contribution in [3.8, 4) is 0 Å². The molecule has 0 fully saturated rings. The summed E-state index contributed by atoms with van der Waals surface area (Å²) in [6, 6.07) is 0. The second-order valence-corrected chi connectivity index (χ2v) is 0.832. The first-order valence-corrected chi connectivity index (χ1v) is 1.73. The minimum Gasteiger partial charge on any atom is -0.411 e. The van der Waals surface area contributed by atoms with Crippen LogP contribution in [0.5, 0.6) is 0 Å². The van der Waals surface area contributed by atoms with Gasteiger partial charge in [-0.05, 0) is 0 Å². The molecule has 0 heterocycles. The Hall–Kier alpha value is -1.06. The molecule has 0 aromatic rings. The zero-order valence-electron chi connectivity index (χ0n) is 3.65. The Bertz CT molecular complexity index is 69.0. The molecule has 0 amide bonds. The number of oxime groups is 2. The molecule has 4 heteroatoms. The summed E-state index contributed by atoms with van der Waals surface area (Å²) < 4.78 is 0. The van der Waals surface area contributed by atoms with Gasteiger partial charge >= 0.3 is 0 Å². The van der Waals surface area contributed by atoms with Gasteiger partial charge in [0.25, 0.3) is 0 Å². The maximum absolute atomic E-state index is 7.72. The molecule has 0 aliphatic rings. The van der Waals surface area contributed by atoms with E-state index in [-0.39, 0.29) is 0 Å². The van der Waals surface area contributed by atoms with Gasteiger partial charge < -0.3 is 10.4 Å². The minimum atomic E-state index is 0.354. The van der Waals surface area contributed by atoms with Crippen molar-refractivity contribution in [2.24, 2.45) is 10.3 Å². The van der Waals surface area contributed by atoms with Gasteiger partial charge in [-0.25, -0.2) is 0 Å². The molecule has 0 rings (SSSR count). The van der Waals surface area contributed by atoms with Crippen molar-refractivity contribution in [1.29, 1.82) is 0 Å². The van der Waals surface area contributed by atoms with Crippen molar-refractivity contribution in [1.82, 2.24) is 0 Å². The third-order valence-electron chi connectivity index (χ3n) is 0.374. The topological polar surface area (TPSA) is 65.2 Å². The number of nitrogens with zero attached hydrogens (tertiary/aromatic N) is 2. The first kappa shape index (κ1) is 5.94. The van der Waals surface area contributed by atoms with Crippen LogP contribution < -0.4 is 0 Å². The van der Waals surface area contributed by atoms with Crippen LogP contribution in [0.2, 0.25) is 0 Å². The van der Waals surface area contributed by atoms with Crippen LogP contribution >= 0.6 is 0 Å². The monoisotopic (exact) mass is 102 g/mol. The quantitative estimate of drug-likeness (QED) is 0.299. The molecule has 0 aromatic heterocycles. The van der Waals surface area contributed by atoms with Gasteiger partial charge in [0.05, 0.1) is 0 Å². The van der Waals surface area contributed by atoms with Crippen molar-refractivity contribution in [3.05, 3.63) is 0 Å². The van der Waals surface area contributed by atoms with Crippen molar-refractivity contribution in [2.75, 3.05) is 0 Å². The summed E-state index contributed by atoms with van der Waals surface area (Å²) in [4.78, 5) is 0. The summed E-state index contributed by atoms with van der Waals surface area (Å²) in [5, 5.41) is 20.7. The fraction of sp³-hybridized carbons (Fsp3) is 0.333. The molecule has 0 unspecified atom stereocenters. The smallest absolute Gasteiger partial charge is 0.0490 e. The number of hydrogen-bond donors (Lipinski definition) is 2. The van der Waals surface area contributed by atoms with E-state index >= 15 is 0 Å². The summed E-state index contributed by atoms with van der Waals surface area (Å²) in [5.41, 5.74) is 0. The van der Waals surface area contributed by atoms with Gasteiger partial charge in [-0.15, -0.1) is 10.3 Å². The molecule has 7 heavy (non-hydrogen) atoms. The maximum Gasteiger partial charge on any atom is 0.0490 e. The number of rotatable bonds is 2. The molecular weight excluding hydrogens is 96.0 g/mol. The van der Waals surface area contributed by atoms with Crippen LogP contribution in [0.3, 0.4) is 0 Å². The van der Waals surface area contributed by atoms with Gasteiger partial charge in [-0.3, -0.25) is 0 Å². The van der Waals surface area contributed by atoms with Crippen LogP contribution in [0.15, 0.2) is 10.3 Å². The van der Waals surface area contributed by atoms with Crippen LogP contribution in [0.25, 0.3) is 0 Å². The van der Waals surface area contributed by atoms with Crippen molar-refractivity contribution in [2.45, 2.75) is 6.42 Å². The molecule has 0 spiro atoms. The van der Waals surface area contributed by atoms with E-state index in [1.54, 1.807) is 0 Å². The van der Waals surface area contributed by atoms with E-state index in [2.05, 4.69) is 10.3 Å². The third-order valence-corrected chi connectivity index (χ3v) is 0.374. The Balaban J connectivity index is 2.98. The molecular formula is C3H6N2O2. The van der Waals surface area contributed by atoms with Gasteiger partial charge in [-0.2, -0.15) is 0 Å². The van der Waals surface area contributed by atoms with Crippen LogP contribution in [0.4, 0.5) is 0 Å². The number of hydrogen-bond acceptors (Lipinski definition) is 4. The van der Waals surface area contributed by atoms with Crippen molar-refractivity contribution >= 4 is 12.4 Å². The predicted molar refractivity (Wildman–Crippen MR) is 25.2 cm³/mol. The highest BCUT2D eigenvalue weighted by Gasteiger charge is 1.66. The molecule has 0 bridgehead atoms. The minimum absolute atomic E-state index is 0.354. The van der Waals surface area contributed by atoms with Crippen molar-refractivity contribution in [3.63, 3.8) is 0 Å². The lowest BCUT2D eigenvalue weighted by atomic mass is 10.5.